The van der Waals surface area contributed by atoms with Crippen LogP contribution in [0.3, 0.4) is 0 Å². The first kappa shape index (κ1) is 10.9. The van der Waals surface area contributed by atoms with Crippen LogP contribution in [0.5, 0.6) is 0 Å². The minimum Gasteiger partial charge on any atom is -0.358 e. The van der Waals surface area contributed by atoms with Gasteiger partial charge in [0.15, 0.2) is 0 Å². The fourth-order valence-corrected chi connectivity index (χ4v) is 0.539. The van der Waals surface area contributed by atoms with E-state index >= 15 is 0 Å². The molecular weight excluding hydrogens is 142 g/mol. The van der Waals surface area contributed by atoms with E-state index in [1.165, 1.54) is 0 Å². The van der Waals surface area contributed by atoms with Crippen molar-refractivity contribution < 1.29 is 9.57 Å². The average Bonchev–Trinajstić information content (AvgIpc) is 1.88. The molecule has 0 radical (unpaired) electrons. The van der Waals surface area contributed by atoms with E-state index in [1.807, 2.05) is 27.7 Å². The van der Waals surface area contributed by atoms with Crippen molar-refractivity contribution in [2.24, 2.45) is 0 Å². The fraction of sp³-hybridized carbons (Fsp3) is 1.00. The van der Waals surface area contributed by atoms with Crippen LogP contribution in [0.1, 0.15) is 27.7 Å². The van der Waals surface area contributed by atoms with E-state index in [-0.39, 0.29) is 5.60 Å². The molecule has 3 nitrogen and oxygen atoms in total. The first-order valence-corrected chi connectivity index (χ1v) is 3.92. The molecule has 11 heavy (non-hydrogen) atoms. The van der Waals surface area contributed by atoms with E-state index in [1.54, 1.807) is 12.2 Å². The van der Waals surface area contributed by atoms with Gasteiger partial charge in [-0.05, 0) is 27.7 Å². The molecule has 0 rings (SSSR count). The van der Waals surface area contributed by atoms with Gasteiger partial charge < -0.3 is 9.57 Å². The maximum atomic E-state index is 5.47. The largest absolute Gasteiger partial charge is 0.358 e. The molecule has 0 saturated carbocycles. The van der Waals surface area contributed by atoms with Gasteiger partial charge in [-0.3, -0.25) is 0 Å². The summed E-state index contributed by atoms with van der Waals surface area (Å²) < 4.78 is 5.47. The van der Waals surface area contributed by atoms with E-state index in [4.69, 9.17) is 9.57 Å². The second kappa shape index (κ2) is 4.70. The van der Waals surface area contributed by atoms with Crippen LogP contribution < -0.4 is 0 Å². The molecule has 0 heterocycles. The number of hydrogen-bond acceptors (Lipinski definition) is 3. The Labute approximate surface area is 69.2 Å². The summed E-state index contributed by atoms with van der Waals surface area (Å²) in [6.07, 6.45) is 0. The van der Waals surface area contributed by atoms with Crippen molar-refractivity contribution in [2.75, 3.05) is 20.4 Å². The zero-order valence-corrected chi connectivity index (χ0v) is 8.18. The van der Waals surface area contributed by atoms with Gasteiger partial charge in [0.05, 0.1) is 12.7 Å². The lowest BCUT2D eigenvalue weighted by molar-refractivity contribution is -0.208. The number of nitrogens with zero attached hydrogens (tertiary/aromatic N) is 1. The second-order valence-corrected chi connectivity index (χ2v) is 3.37. The highest BCUT2D eigenvalue weighted by Gasteiger charge is 2.11. The highest BCUT2D eigenvalue weighted by atomic mass is 16.7. The Balaban J connectivity index is 3.51. The van der Waals surface area contributed by atoms with Crippen molar-refractivity contribution in [2.45, 2.75) is 33.3 Å². The van der Waals surface area contributed by atoms with E-state index in [0.717, 1.165) is 6.54 Å². The van der Waals surface area contributed by atoms with Crippen molar-refractivity contribution in [3.05, 3.63) is 0 Å². The molecule has 0 bridgehead atoms. The molecule has 0 spiro atoms. The molecule has 3 heteroatoms. The minimum atomic E-state index is -0.0913. The van der Waals surface area contributed by atoms with Gasteiger partial charge in [-0.2, -0.15) is 5.06 Å². The summed E-state index contributed by atoms with van der Waals surface area (Å²) in [5, 5.41) is 1.76. The van der Waals surface area contributed by atoms with Crippen LogP contribution in [-0.2, 0) is 9.57 Å². The molecule has 0 aliphatic rings. The standard InChI is InChI=1S/C8H19NO2/c1-6-9(10-5)7-11-8(2,3)4/h6-7H2,1-5H3. The Kier molecular flexibility index (Phi) is 4.65. The molecule has 0 aromatic carbocycles. The molecule has 0 aromatic rings. The summed E-state index contributed by atoms with van der Waals surface area (Å²) in [4.78, 5) is 5.00. The van der Waals surface area contributed by atoms with Crippen molar-refractivity contribution in [3.8, 4) is 0 Å². The lowest BCUT2D eigenvalue weighted by atomic mass is 10.2. The molecule has 0 atom stereocenters. The molecule has 0 aromatic heterocycles. The van der Waals surface area contributed by atoms with E-state index in [9.17, 15) is 0 Å². The van der Waals surface area contributed by atoms with Gasteiger partial charge >= 0.3 is 0 Å². The summed E-state index contributed by atoms with van der Waals surface area (Å²) in [7, 11) is 1.65. The van der Waals surface area contributed by atoms with Gasteiger partial charge in [-0.15, -0.1) is 0 Å². The third-order valence-corrected chi connectivity index (χ3v) is 1.25. The van der Waals surface area contributed by atoms with Gasteiger partial charge in [0.25, 0.3) is 0 Å². The third-order valence-electron chi connectivity index (χ3n) is 1.25. The van der Waals surface area contributed by atoms with Crippen molar-refractivity contribution in [1.29, 1.82) is 0 Å². The molecule has 0 N–H and O–H groups in total. The van der Waals surface area contributed by atoms with E-state index < -0.39 is 0 Å². The number of ether oxygens (including phenoxy) is 1. The zero-order chi connectivity index (χ0) is 8.91. The van der Waals surface area contributed by atoms with Crippen molar-refractivity contribution >= 4 is 0 Å². The molecule has 0 unspecified atom stereocenters. The van der Waals surface area contributed by atoms with Gasteiger partial charge in [0, 0.05) is 6.54 Å². The lowest BCUT2D eigenvalue weighted by Gasteiger charge is -2.24. The SMILES string of the molecule is CCN(COC(C)(C)C)OC. The van der Waals surface area contributed by atoms with Crippen LogP contribution >= 0.6 is 0 Å². The van der Waals surface area contributed by atoms with Crippen LogP contribution in [0, 0.1) is 0 Å². The third kappa shape index (κ3) is 6.28. The Morgan fingerprint density at radius 2 is 1.82 bits per heavy atom. The van der Waals surface area contributed by atoms with Crippen LogP contribution in [0.15, 0.2) is 0 Å². The van der Waals surface area contributed by atoms with Gasteiger partial charge in [0.2, 0.25) is 0 Å². The van der Waals surface area contributed by atoms with E-state index in [2.05, 4.69) is 0 Å². The van der Waals surface area contributed by atoms with Crippen LogP contribution in [0.2, 0.25) is 0 Å². The molecule has 0 fully saturated rings. The van der Waals surface area contributed by atoms with Gasteiger partial charge in [0.1, 0.15) is 6.73 Å². The number of hydroxylamine groups is 2. The predicted molar refractivity (Wildman–Crippen MR) is 45.1 cm³/mol. The first-order valence-electron chi connectivity index (χ1n) is 3.92. The summed E-state index contributed by atoms with van der Waals surface area (Å²) >= 11 is 0. The zero-order valence-electron chi connectivity index (χ0n) is 8.18. The quantitative estimate of drug-likeness (QED) is 0.462. The predicted octanol–water partition coefficient (Wildman–Crippen LogP) is 1.64. The summed E-state index contributed by atoms with van der Waals surface area (Å²) in [5.41, 5.74) is -0.0913. The highest BCUT2D eigenvalue weighted by molar-refractivity contribution is 4.57. The molecule has 0 aliphatic heterocycles. The molecule has 0 saturated heterocycles. The van der Waals surface area contributed by atoms with Gasteiger partial charge in [-0.25, -0.2) is 0 Å². The maximum absolute atomic E-state index is 5.47. The van der Waals surface area contributed by atoms with Crippen molar-refractivity contribution in [3.63, 3.8) is 0 Å². The van der Waals surface area contributed by atoms with Crippen LogP contribution in [0.4, 0.5) is 0 Å². The fourth-order valence-electron chi connectivity index (χ4n) is 0.539. The molecular formula is C8H19NO2. The Bertz CT molecular complexity index is 94.8. The second-order valence-electron chi connectivity index (χ2n) is 3.37. The smallest absolute Gasteiger partial charge is 0.123 e. The average molecular weight is 161 g/mol. The Morgan fingerprint density at radius 1 is 1.27 bits per heavy atom. The summed E-state index contributed by atoms with van der Waals surface area (Å²) in [6.45, 7) is 9.46. The molecule has 68 valence electrons. The molecule has 0 amide bonds. The maximum Gasteiger partial charge on any atom is 0.123 e. The number of rotatable bonds is 4. The van der Waals surface area contributed by atoms with Crippen LogP contribution in [-0.4, -0.2) is 31.0 Å². The minimum absolute atomic E-state index is 0.0913. The molecule has 0 aliphatic carbocycles. The van der Waals surface area contributed by atoms with E-state index in [0.29, 0.717) is 6.73 Å². The lowest BCUT2D eigenvalue weighted by Crippen LogP contribution is -2.31. The topological polar surface area (TPSA) is 21.7 Å². The Hall–Kier alpha value is -0.120. The van der Waals surface area contributed by atoms with Gasteiger partial charge in [-0.1, -0.05) is 0 Å². The number of hydrogen-bond donors (Lipinski definition) is 0. The van der Waals surface area contributed by atoms with Crippen LogP contribution in [0.25, 0.3) is 0 Å². The van der Waals surface area contributed by atoms with Crippen molar-refractivity contribution in [1.82, 2.24) is 5.06 Å². The summed E-state index contributed by atoms with van der Waals surface area (Å²) in [6, 6.07) is 0. The first-order chi connectivity index (χ1) is 4.99. The monoisotopic (exact) mass is 161 g/mol. The summed E-state index contributed by atoms with van der Waals surface area (Å²) in [5.74, 6) is 0. The normalized spacial score (nSPS) is 12.5. The Morgan fingerprint density at radius 3 is 2.09 bits per heavy atom. The highest BCUT2D eigenvalue weighted by Crippen LogP contribution is 2.06.